The van der Waals surface area contributed by atoms with Gasteiger partial charge < -0.3 is 10.1 Å². The first-order chi connectivity index (χ1) is 10.1. The molecule has 7 heteroatoms. The Kier molecular flexibility index (Phi) is 6.19. The molecule has 120 valence electrons. The third kappa shape index (κ3) is 4.26. The van der Waals surface area contributed by atoms with Crippen LogP contribution in [-0.2, 0) is 21.3 Å². The van der Waals surface area contributed by atoms with Gasteiger partial charge in [-0.05, 0) is 36.8 Å². The van der Waals surface area contributed by atoms with Gasteiger partial charge in [-0.15, -0.1) is 11.3 Å². The van der Waals surface area contributed by atoms with Crippen molar-refractivity contribution in [3.63, 3.8) is 0 Å². The Balaban J connectivity index is 2.07. The minimum absolute atomic E-state index is 0.398. The van der Waals surface area contributed by atoms with Crippen LogP contribution in [0.5, 0.6) is 0 Å². The molecule has 0 atom stereocenters. The predicted octanol–water partition coefficient (Wildman–Crippen LogP) is 1.90. The Morgan fingerprint density at radius 3 is 2.81 bits per heavy atom. The third-order valence-corrected chi connectivity index (χ3v) is 6.74. The highest BCUT2D eigenvalue weighted by Gasteiger charge is 2.27. The van der Waals surface area contributed by atoms with E-state index < -0.39 is 10.0 Å². The van der Waals surface area contributed by atoms with Crippen LogP contribution in [0.3, 0.4) is 0 Å². The van der Waals surface area contributed by atoms with Crippen LogP contribution < -0.4 is 5.32 Å². The third-order valence-electron chi connectivity index (χ3n) is 3.78. The van der Waals surface area contributed by atoms with Gasteiger partial charge in [0.2, 0.25) is 10.0 Å². The van der Waals surface area contributed by atoms with E-state index in [1.165, 1.54) is 15.6 Å². The van der Waals surface area contributed by atoms with Crippen LogP contribution in [0.15, 0.2) is 16.3 Å². The molecule has 0 aliphatic carbocycles. The summed E-state index contributed by atoms with van der Waals surface area (Å²) in [5, 5.41) is 5.04. The number of nitrogens with zero attached hydrogens (tertiary/aromatic N) is 1. The van der Waals surface area contributed by atoms with Crippen LogP contribution in [0.1, 0.15) is 24.6 Å². The van der Waals surface area contributed by atoms with Gasteiger partial charge in [0.15, 0.2) is 0 Å². The standard InChI is InChI=1S/C14H24N2O3S2/c1-3-15-10-13-14(6-9-20-13)21(17,18)16(2)11-12-4-7-19-8-5-12/h6,9,12,15H,3-5,7-8,10-11H2,1-2H3. The lowest BCUT2D eigenvalue weighted by Crippen LogP contribution is -2.34. The zero-order valence-electron chi connectivity index (χ0n) is 12.7. The number of hydrogen-bond donors (Lipinski definition) is 1. The molecule has 5 nitrogen and oxygen atoms in total. The van der Waals surface area contributed by atoms with Crippen LogP contribution in [0, 0.1) is 5.92 Å². The zero-order valence-corrected chi connectivity index (χ0v) is 14.3. The van der Waals surface area contributed by atoms with Crippen molar-refractivity contribution in [3.8, 4) is 0 Å². The average Bonchev–Trinajstić information content (AvgIpc) is 2.95. The van der Waals surface area contributed by atoms with Crippen molar-refractivity contribution in [1.82, 2.24) is 9.62 Å². The fraction of sp³-hybridized carbons (Fsp3) is 0.714. The topological polar surface area (TPSA) is 58.6 Å². The fourth-order valence-corrected chi connectivity index (χ4v) is 5.11. The largest absolute Gasteiger partial charge is 0.381 e. The maximum absolute atomic E-state index is 12.7. The van der Waals surface area contributed by atoms with Crippen molar-refractivity contribution in [2.24, 2.45) is 5.92 Å². The van der Waals surface area contributed by atoms with Crippen molar-refractivity contribution < 1.29 is 13.2 Å². The molecule has 2 rings (SSSR count). The van der Waals surface area contributed by atoms with E-state index in [0.717, 1.165) is 37.5 Å². The number of rotatable bonds is 7. The summed E-state index contributed by atoms with van der Waals surface area (Å²) < 4.78 is 32.3. The molecule has 0 saturated carbocycles. The van der Waals surface area contributed by atoms with Crippen molar-refractivity contribution >= 4 is 21.4 Å². The molecule has 2 heterocycles. The van der Waals surface area contributed by atoms with Crippen LogP contribution in [-0.4, -0.2) is 46.1 Å². The molecule has 0 spiro atoms. The molecule has 1 aliphatic rings. The first-order valence-corrected chi connectivity index (χ1v) is 9.68. The van der Waals surface area contributed by atoms with E-state index in [1.807, 2.05) is 12.3 Å². The van der Waals surface area contributed by atoms with Gasteiger partial charge in [-0.1, -0.05) is 6.92 Å². The predicted molar refractivity (Wildman–Crippen MR) is 85.1 cm³/mol. The molecule has 0 unspecified atom stereocenters. The first kappa shape index (κ1) is 16.9. The van der Waals surface area contributed by atoms with Gasteiger partial charge in [0.25, 0.3) is 0 Å². The van der Waals surface area contributed by atoms with Crippen LogP contribution >= 0.6 is 11.3 Å². The van der Waals surface area contributed by atoms with Gasteiger partial charge in [0.1, 0.15) is 0 Å². The van der Waals surface area contributed by atoms with Crippen molar-refractivity contribution in [1.29, 1.82) is 0 Å². The van der Waals surface area contributed by atoms with Crippen molar-refractivity contribution in [3.05, 3.63) is 16.3 Å². The van der Waals surface area contributed by atoms with E-state index in [9.17, 15) is 8.42 Å². The zero-order chi connectivity index (χ0) is 15.3. The van der Waals surface area contributed by atoms with Gasteiger partial charge in [-0.25, -0.2) is 12.7 Å². The lowest BCUT2D eigenvalue weighted by molar-refractivity contribution is 0.0620. The Morgan fingerprint density at radius 2 is 2.14 bits per heavy atom. The van der Waals surface area contributed by atoms with E-state index in [2.05, 4.69) is 5.32 Å². The minimum atomic E-state index is -3.39. The summed E-state index contributed by atoms with van der Waals surface area (Å²) in [6.45, 7) is 5.50. The fourth-order valence-electron chi connectivity index (χ4n) is 2.48. The van der Waals surface area contributed by atoms with Gasteiger partial charge in [0.05, 0.1) is 4.90 Å². The number of hydrogen-bond acceptors (Lipinski definition) is 5. The monoisotopic (exact) mass is 332 g/mol. The molecule has 0 bridgehead atoms. The first-order valence-electron chi connectivity index (χ1n) is 7.37. The second-order valence-corrected chi connectivity index (χ2v) is 8.34. The summed E-state index contributed by atoms with van der Waals surface area (Å²) >= 11 is 1.49. The van der Waals surface area contributed by atoms with Crippen LogP contribution in [0.4, 0.5) is 0 Å². The molecule has 0 aromatic carbocycles. The second kappa shape index (κ2) is 7.69. The quantitative estimate of drug-likeness (QED) is 0.828. The SMILES string of the molecule is CCNCc1sccc1S(=O)(=O)N(C)CC1CCOCC1. The maximum atomic E-state index is 12.7. The highest BCUT2D eigenvalue weighted by Crippen LogP contribution is 2.26. The molecule has 1 saturated heterocycles. The second-order valence-electron chi connectivity index (χ2n) is 5.33. The van der Waals surface area contributed by atoms with Crippen molar-refractivity contribution in [2.45, 2.75) is 31.2 Å². The Bertz CT molecular complexity index is 536. The molecular formula is C14H24N2O3S2. The molecule has 1 fully saturated rings. The van der Waals surface area contributed by atoms with Crippen molar-refractivity contribution in [2.75, 3.05) is 33.4 Å². The number of thiophene rings is 1. The summed E-state index contributed by atoms with van der Waals surface area (Å²) in [5.74, 6) is 0.398. The van der Waals surface area contributed by atoms with Gasteiger partial charge in [-0.2, -0.15) is 0 Å². The molecular weight excluding hydrogens is 308 g/mol. The van der Waals surface area contributed by atoms with Gasteiger partial charge in [-0.3, -0.25) is 0 Å². The summed E-state index contributed by atoms with van der Waals surface area (Å²) in [6.07, 6.45) is 1.88. The molecule has 1 aromatic rings. The average molecular weight is 332 g/mol. The molecule has 21 heavy (non-hydrogen) atoms. The highest BCUT2D eigenvalue weighted by atomic mass is 32.2. The number of ether oxygens (including phenoxy) is 1. The molecule has 0 amide bonds. The number of nitrogens with one attached hydrogen (secondary N) is 1. The lowest BCUT2D eigenvalue weighted by atomic mass is 10.0. The lowest BCUT2D eigenvalue weighted by Gasteiger charge is -2.26. The normalized spacial score (nSPS) is 17.5. The van der Waals surface area contributed by atoms with E-state index in [-0.39, 0.29) is 0 Å². The van der Waals surface area contributed by atoms with E-state index in [0.29, 0.717) is 23.9 Å². The van der Waals surface area contributed by atoms with E-state index in [4.69, 9.17) is 4.74 Å². The molecule has 1 N–H and O–H groups in total. The Hall–Kier alpha value is -0.470. The summed E-state index contributed by atoms with van der Waals surface area (Å²) in [7, 11) is -1.71. The Morgan fingerprint density at radius 1 is 1.43 bits per heavy atom. The number of sulfonamides is 1. The Labute approximate surface area is 131 Å². The maximum Gasteiger partial charge on any atom is 0.243 e. The highest BCUT2D eigenvalue weighted by molar-refractivity contribution is 7.89. The molecule has 0 radical (unpaired) electrons. The van der Waals surface area contributed by atoms with E-state index in [1.54, 1.807) is 13.1 Å². The summed E-state index contributed by atoms with van der Waals surface area (Å²) in [6, 6.07) is 1.72. The molecule has 1 aromatic heterocycles. The van der Waals surface area contributed by atoms with E-state index >= 15 is 0 Å². The van der Waals surface area contributed by atoms with Gasteiger partial charge in [0, 0.05) is 38.2 Å². The smallest absolute Gasteiger partial charge is 0.243 e. The van der Waals surface area contributed by atoms with Crippen LogP contribution in [0.25, 0.3) is 0 Å². The van der Waals surface area contributed by atoms with Gasteiger partial charge >= 0.3 is 0 Å². The summed E-state index contributed by atoms with van der Waals surface area (Å²) in [5.41, 5.74) is 0. The van der Waals surface area contributed by atoms with Crippen LogP contribution in [0.2, 0.25) is 0 Å². The molecule has 1 aliphatic heterocycles. The minimum Gasteiger partial charge on any atom is -0.381 e. The summed E-state index contributed by atoms with van der Waals surface area (Å²) in [4.78, 5) is 1.33.